The predicted molar refractivity (Wildman–Crippen MR) is 136 cm³/mol. The number of thioether (sulfide) groups is 1. The van der Waals surface area contributed by atoms with Crippen molar-refractivity contribution in [1.82, 2.24) is 4.90 Å². The molecule has 0 saturated carbocycles. The molecule has 2 aliphatic rings. The molecule has 9 heteroatoms. The quantitative estimate of drug-likeness (QED) is 0.360. The molecule has 0 unspecified atom stereocenters. The molecule has 2 heterocycles. The lowest BCUT2D eigenvalue weighted by molar-refractivity contribution is -0.139. The molecule has 1 atom stereocenters. The molecule has 178 valence electrons. The number of hydrogen-bond acceptors (Lipinski definition) is 7. The number of ether oxygens (including phenoxy) is 3. The van der Waals surface area contributed by atoms with Crippen LogP contribution in [0.4, 0.5) is 0 Å². The second-order valence-electron chi connectivity index (χ2n) is 7.45. The monoisotopic (exact) mass is 518 g/mol. The van der Waals surface area contributed by atoms with Crippen molar-refractivity contribution in [2.24, 2.45) is 4.99 Å². The number of esters is 1. The van der Waals surface area contributed by atoms with Gasteiger partial charge in [-0.1, -0.05) is 47.1 Å². The Balaban J connectivity index is 1.69. The summed E-state index contributed by atoms with van der Waals surface area (Å²) in [4.78, 5) is 19.5. The molecule has 0 radical (unpaired) electrons. The molecule has 0 aliphatic carbocycles. The third kappa shape index (κ3) is 4.92. The number of hydrogen-bond donors (Lipinski definition) is 0. The van der Waals surface area contributed by atoms with Gasteiger partial charge >= 0.3 is 5.97 Å². The first-order valence-corrected chi connectivity index (χ1v) is 12.5. The maximum absolute atomic E-state index is 12.9. The largest absolute Gasteiger partial charge is 0.490 e. The SMILES string of the molecule is CCOC(=O)C1=C(C)N=C2SC=CN2[C@H]1c1ccc(OCc2c(Cl)cccc2Cl)c(OCC)c1. The molecular formula is C25H24Cl2N2O4S. The molecule has 2 aliphatic heterocycles. The molecule has 0 amide bonds. The topological polar surface area (TPSA) is 60.4 Å². The Labute approximate surface area is 213 Å². The van der Waals surface area contributed by atoms with Gasteiger partial charge in [-0.25, -0.2) is 9.79 Å². The summed E-state index contributed by atoms with van der Waals surface area (Å²) in [6, 6.07) is 10.6. The number of carbonyl (C=O) groups excluding carboxylic acids is 1. The molecular weight excluding hydrogens is 495 g/mol. The average molecular weight is 519 g/mol. The van der Waals surface area contributed by atoms with Crippen molar-refractivity contribution < 1.29 is 19.0 Å². The number of amidine groups is 1. The van der Waals surface area contributed by atoms with Crippen LogP contribution in [0.2, 0.25) is 10.0 Å². The molecule has 6 nitrogen and oxygen atoms in total. The summed E-state index contributed by atoms with van der Waals surface area (Å²) < 4.78 is 17.3. The Kier molecular flexibility index (Phi) is 7.76. The van der Waals surface area contributed by atoms with Crippen LogP contribution in [0.25, 0.3) is 0 Å². The van der Waals surface area contributed by atoms with Crippen LogP contribution < -0.4 is 9.47 Å². The second-order valence-corrected chi connectivity index (χ2v) is 9.14. The third-order valence-electron chi connectivity index (χ3n) is 5.33. The number of carbonyl (C=O) groups is 1. The summed E-state index contributed by atoms with van der Waals surface area (Å²) >= 11 is 14.1. The predicted octanol–water partition coefficient (Wildman–Crippen LogP) is 6.74. The van der Waals surface area contributed by atoms with E-state index in [2.05, 4.69) is 4.99 Å². The summed E-state index contributed by atoms with van der Waals surface area (Å²) in [5, 5.41) is 3.83. The summed E-state index contributed by atoms with van der Waals surface area (Å²) in [7, 11) is 0. The Morgan fingerprint density at radius 3 is 2.56 bits per heavy atom. The first-order chi connectivity index (χ1) is 16.4. The zero-order chi connectivity index (χ0) is 24.2. The number of fused-ring (bicyclic) bond motifs is 1. The van der Waals surface area contributed by atoms with Crippen LogP contribution in [-0.4, -0.2) is 29.3 Å². The molecule has 0 bridgehead atoms. The summed E-state index contributed by atoms with van der Waals surface area (Å²) in [5.41, 5.74) is 2.69. The highest BCUT2D eigenvalue weighted by Gasteiger charge is 2.37. The maximum Gasteiger partial charge on any atom is 0.338 e. The average Bonchev–Trinajstić information content (AvgIpc) is 3.27. The van der Waals surface area contributed by atoms with Gasteiger partial charge < -0.3 is 19.1 Å². The molecule has 34 heavy (non-hydrogen) atoms. The second kappa shape index (κ2) is 10.8. The van der Waals surface area contributed by atoms with Crippen LogP contribution in [0.5, 0.6) is 11.5 Å². The highest BCUT2D eigenvalue weighted by molar-refractivity contribution is 8.16. The minimum atomic E-state index is -0.399. The van der Waals surface area contributed by atoms with Crippen molar-refractivity contribution in [3.05, 3.63) is 80.4 Å². The van der Waals surface area contributed by atoms with Crippen LogP contribution >= 0.6 is 35.0 Å². The Hall–Kier alpha value is -2.61. The zero-order valence-electron chi connectivity index (χ0n) is 19.0. The number of halogens is 2. The Morgan fingerprint density at radius 2 is 1.85 bits per heavy atom. The summed E-state index contributed by atoms with van der Waals surface area (Å²) in [6.07, 6.45) is 1.92. The number of benzene rings is 2. The molecule has 0 N–H and O–H groups in total. The van der Waals surface area contributed by atoms with Crippen molar-refractivity contribution in [2.75, 3.05) is 13.2 Å². The van der Waals surface area contributed by atoms with Gasteiger partial charge in [0.25, 0.3) is 0 Å². The fourth-order valence-corrected chi connectivity index (χ4v) is 5.10. The van der Waals surface area contributed by atoms with E-state index >= 15 is 0 Å². The molecule has 4 rings (SSSR count). The van der Waals surface area contributed by atoms with Gasteiger partial charge in [-0.2, -0.15) is 0 Å². The van der Waals surface area contributed by atoms with Gasteiger partial charge in [0.15, 0.2) is 16.7 Å². The van der Waals surface area contributed by atoms with Crippen molar-refractivity contribution in [2.45, 2.75) is 33.4 Å². The van der Waals surface area contributed by atoms with Crippen LogP contribution in [0.3, 0.4) is 0 Å². The fourth-order valence-electron chi connectivity index (χ4n) is 3.80. The minimum absolute atomic E-state index is 0.191. The number of nitrogens with zero attached hydrogens (tertiary/aromatic N) is 2. The lowest BCUT2D eigenvalue weighted by atomic mass is 9.94. The van der Waals surface area contributed by atoms with E-state index in [1.165, 1.54) is 11.8 Å². The van der Waals surface area contributed by atoms with E-state index in [1.807, 2.05) is 48.6 Å². The van der Waals surface area contributed by atoms with Gasteiger partial charge in [0.2, 0.25) is 0 Å². The summed E-state index contributed by atoms with van der Waals surface area (Å²) in [5.74, 6) is 0.727. The molecule has 0 saturated heterocycles. The van der Waals surface area contributed by atoms with Gasteiger partial charge in [0.1, 0.15) is 6.61 Å². The molecule has 0 spiro atoms. The summed E-state index contributed by atoms with van der Waals surface area (Å²) in [6.45, 7) is 6.44. The molecule has 2 aromatic rings. The fraction of sp³-hybridized carbons (Fsp3) is 0.280. The van der Waals surface area contributed by atoms with Crippen LogP contribution in [-0.2, 0) is 16.1 Å². The van der Waals surface area contributed by atoms with Crippen molar-refractivity contribution in [3.63, 3.8) is 0 Å². The Morgan fingerprint density at radius 1 is 1.09 bits per heavy atom. The third-order valence-corrected chi connectivity index (χ3v) is 6.81. The van der Waals surface area contributed by atoms with E-state index in [-0.39, 0.29) is 19.2 Å². The van der Waals surface area contributed by atoms with Gasteiger partial charge in [0, 0.05) is 21.8 Å². The van der Waals surface area contributed by atoms with E-state index < -0.39 is 6.04 Å². The highest BCUT2D eigenvalue weighted by Crippen LogP contribution is 2.43. The van der Waals surface area contributed by atoms with Crippen LogP contribution in [0.1, 0.15) is 37.9 Å². The maximum atomic E-state index is 12.9. The first kappa shape index (κ1) is 24.5. The van der Waals surface area contributed by atoms with E-state index in [4.69, 9.17) is 37.4 Å². The van der Waals surface area contributed by atoms with Crippen molar-refractivity contribution in [3.8, 4) is 11.5 Å². The van der Waals surface area contributed by atoms with E-state index in [0.717, 1.165) is 10.7 Å². The lowest BCUT2D eigenvalue weighted by Crippen LogP contribution is -2.34. The minimum Gasteiger partial charge on any atom is -0.490 e. The van der Waals surface area contributed by atoms with Gasteiger partial charge in [0.05, 0.1) is 30.5 Å². The Bertz CT molecular complexity index is 1180. The van der Waals surface area contributed by atoms with Crippen LogP contribution in [0.15, 0.2) is 64.3 Å². The smallest absolute Gasteiger partial charge is 0.338 e. The van der Waals surface area contributed by atoms with E-state index in [0.29, 0.717) is 45.0 Å². The zero-order valence-corrected chi connectivity index (χ0v) is 21.3. The van der Waals surface area contributed by atoms with Crippen molar-refractivity contribution >= 4 is 46.1 Å². The number of rotatable bonds is 8. The highest BCUT2D eigenvalue weighted by atomic mass is 35.5. The van der Waals surface area contributed by atoms with Gasteiger partial charge in [-0.05, 0) is 56.0 Å². The standard InChI is InChI=1S/C25H24Cl2N2O4S/c1-4-31-21-13-16(9-10-20(21)33-14-17-18(26)7-6-8-19(17)27)23-22(24(30)32-5-2)15(3)28-25-29(23)11-12-34-25/h6-13,23H,4-5,14H2,1-3H3/t23-/m0/s1. The lowest BCUT2D eigenvalue weighted by Gasteiger charge is -2.33. The molecule has 0 fully saturated rings. The first-order valence-electron chi connectivity index (χ1n) is 10.8. The van der Waals surface area contributed by atoms with Gasteiger partial charge in [-0.15, -0.1) is 0 Å². The molecule has 0 aromatic heterocycles. The normalized spacial score (nSPS) is 16.9. The van der Waals surface area contributed by atoms with E-state index in [9.17, 15) is 4.79 Å². The van der Waals surface area contributed by atoms with Gasteiger partial charge in [-0.3, -0.25) is 0 Å². The number of allylic oxidation sites excluding steroid dienone is 1. The van der Waals surface area contributed by atoms with Crippen molar-refractivity contribution in [1.29, 1.82) is 0 Å². The molecule has 2 aromatic carbocycles. The van der Waals surface area contributed by atoms with E-state index in [1.54, 1.807) is 25.1 Å². The van der Waals surface area contributed by atoms with Crippen LogP contribution in [0, 0.1) is 0 Å². The number of aliphatic imine (C=N–C) groups is 1.